The van der Waals surface area contributed by atoms with Crippen molar-refractivity contribution in [2.75, 3.05) is 0 Å². The molecule has 0 nitrogen and oxygen atoms in total. The minimum absolute atomic E-state index is 0. The quantitative estimate of drug-likeness (QED) is 0.731. The van der Waals surface area contributed by atoms with Crippen LogP contribution >= 0.6 is 0 Å². The standard InChI is InChI=1S/C17H18Si.Li.H/c1-18(16-11-5-6-12-16,17-13-7-8-14-17)15-9-3-2-4-10-15;;/h2-11,13H,12,14H2,1H3;;. The normalized spacial score (nSPS) is 17.1. The van der Waals surface area contributed by atoms with E-state index in [-0.39, 0.29) is 18.9 Å². The Morgan fingerprint density at radius 2 is 1.37 bits per heavy atom. The van der Waals surface area contributed by atoms with Gasteiger partial charge in [-0.25, -0.2) is 0 Å². The molecular formula is C17H19LiSi. The summed E-state index contributed by atoms with van der Waals surface area (Å²) in [4.78, 5) is 0. The van der Waals surface area contributed by atoms with Crippen molar-refractivity contribution in [3.63, 3.8) is 0 Å². The van der Waals surface area contributed by atoms with E-state index in [4.69, 9.17) is 0 Å². The number of hydrogen-bond donors (Lipinski definition) is 0. The third kappa shape index (κ3) is 2.51. The summed E-state index contributed by atoms with van der Waals surface area (Å²) in [7, 11) is -1.66. The Hall–Kier alpha value is -1.01. The second-order valence-electron chi connectivity index (χ2n) is 5.14. The molecule has 2 aliphatic rings. The molecule has 1 aromatic rings. The summed E-state index contributed by atoms with van der Waals surface area (Å²) in [6, 6.07) is 11.1. The van der Waals surface area contributed by atoms with Crippen molar-refractivity contribution in [2.45, 2.75) is 19.4 Å². The molecule has 0 unspecified atom stereocenters. The molecule has 0 heterocycles. The number of benzene rings is 1. The van der Waals surface area contributed by atoms with Crippen molar-refractivity contribution in [2.24, 2.45) is 0 Å². The van der Waals surface area contributed by atoms with E-state index >= 15 is 0 Å². The zero-order valence-corrected chi connectivity index (χ0v) is 11.8. The molecule has 0 fully saturated rings. The molecule has 0 spiro atoms. The van der Waals surface area contributed by atoms with Crippen molar-refractivity contribution in [3.8, 4) is 0 Å². The molecule has 0 bridgehead atoms. The Labute approximate surface area is 128 Å². The predicted octanol–water partition coefficient (Wildman–Crippen LogP) is 3.17. The number of allylic oxidation sites excluding steroid dienone is 8. The molecule has 92 valence electrons. The van der Waals surface area contributed by atoms with Gasteiger partial charge in [-0.15, -0.1) is 0 Å². The first-order chi connectivity index (χ1) is 8.82. The first-order valence-electron chi connectivity index (χ1n) is 6.59. The van der Waals surface area contributed by atoms with Crippen LogP contribution in [0.4, 0.5) is 0 Å². The summed E-state index contributed by atoms with van der Waals surface area (Å²) in [6.07, 6.45) is 16.0. The van der Waals surface area contributed by atoms with E-state index in [2.05, 4.69) is 73.3 Å². The van der Waals surface area contributed by atoms with Crippen LogP contribution in [0, 0.1) is 0 Å². The molecular weight excluding hydrogens is 239 g/mol. The molecule has 3 rings (SSSR count). The van der Waals surface area contributed by atoms with Crippen molar-refractivity contribution in [3.05, 3.63) is 77.2 Å². The van der Waals surface area contributed by atoms with Gasteiger partial charge in [0.2, 0.25) is 0 Å². The van der Waals surface area contributed by atoms with Gasteiger partial charge in [0, 0.05) is 0 Å². The van der Waals surface area contributed by atoms with Gasteiger partial charge in [-0.05, 0) is 12.8 Å². The summed E-state index contributed by atoms with van der Waals surface area (Å²) in [6.45, 7) is 2.50. The van der Waals surface area contributed by atoms with Crippen LogP contribution in [0.15, 0.2) is 77.2 Å². The molecule has 0 N–H and O–H groups in total. The summed E-state index contributed by atoms with van der Waals surface area (Å²) in [5, 5.41) is 4.82. The average molecular weight is 258 g/mol. The van der Waals surface area contributed by atoms with Gasteiger partial charge < -0.3 is 0 Å². The summed E-state index contributed by atoms with van der Waals surface area (Å²) in [5.41, 5.74) is 0. The van der Waals surface area contributed by atoms with Crippen LogP contribution in [-0.4, -0.2) is 26.9 Å². The Morgan fingerprint density at radius 1 is 0.842 bits per heavy atom. The number of hydrogen-bond acceptors (Lipinski definition) is 0. The molecule has 0 saturated heterocycles. The fourth-order valence-electron chi connectivity index (χ4n) is 2.98. The van der Waals surface area contributed by atoms with E-state index in [1.807, 2.05) is 0 Å². The third-order valence-corrected chi connectivity index (χ3v) is 8.98. The maximum absolute atomic E-state index is 2.50. The Morgan fingerprint density at radius 3 is 1.79 bits per heavy atom. The molecule has 0 saturated carbocycles. The first-order valence-corrected chi connectivity index (χ1v) is 9.09. The second-order valence-corrected chi connectivity index (χ2v) is 9.25. The molecule has 0 aliphatic heterocycles. The van der Waals surface area contributed by atoms with Gasteiger partial charge in [-0.2, -0.15) is 0 Å². The van der Waals surface area contributed by atoms with Crippen LogP contribution in [0.3, 0.4) is 0 Å². The molecule has 2 heteroatoms. The second kappa shape index (κ2) is 5.97. The summed E-state index contributed by atoms with van der Waals surface area (Å²) < 4.78 is 0. The topological polar surface area (TPSA) is 0 Å². The van der Waals surface area contributed by atoms with E-state index in [1.165, 1.54) is 5.19 Å². The SMILES string of the molecule is C[Si](C1=CC=CC1)(C1=CC=CC1)c1ccccc1.[LiH]. The Kier molecular flexibility index (Phi) is 4.52. The molecule has 0 radical (unpaired) electrons. The van der Waals surface area contributed by atoms with Crippen molar-refractivity contribution < 1.29 is 0 Å². The van der Waals surface area contributed by atoms with Crippen molar-refractivity contribution >= 4 is 32.1 Å². The average Bonchev–Trinajstić information content (AvgIpc) is 3.12. The molecule has 1 aromatic carbocycles. The van der Waals surface area contributed by atoms with Crippen molar-refractivity contribution in [1.82, 2.24) is 0 Å². The Balaban J connectivity index is 0.00000133. The van der Waals surface area contributed by atoms with Crippen LogP contribution in [0.1, 0.15) is 12.8 Å². The van der Waals surface area contributed by atoms with E-state index < -0.39 is 8.07 Å². The summed E-state index contributed by atoms with van der Waals surface area (Å²) >= 11 is 0. The van der Waals surface area contributed by atoms with Gasteiger partial charge in [-0.3, -0.25) is 0 Å². The molecule has 0 amide bonds. The van der Waals surface area contributed by atoms with Gasteiger partial charge in [0.1, 0.15) is 8.07 Å². The zero-order valence-electron chi connectivity index (χ0n) is 10.8. The van der Waals surface area contributed by atoms with Gasteiger partial charge in [0.25, 0.3) is 0 Å². The van der Waals surface area contributed by atoms with Gasteiger partial charge in [-0.1, -0.05) is 88.9 Å². The maximum atomic E-state index is 2.50. The van der Waals surface area contributed by atoms with E-state index in [9.17, 15) is 0 Å². The monoisotopic (exact) mass is 258 g/mol. The van der Waals surface area contributed by atoms with E-state index in [0.29, 0.717) is 0 Å². The first kappa shape index (κ1) is 14.4. The molecule has 19 heavy (non-hydrogen) atoms. The van der Waals surface area contributed by atoms with Crippen LogP contribution in [0.2, 0.25) is 6.55 Å². The van der Waals surface area contributed by atoms with Crippen LogP contribution in [0.5, 0.6) is 0 Å². The van der Waals surface area contributed by atoms with Crippen LogP contribution in [0.25, 0.3) is 0 Å². The van der Waals surface area contributed by atoms with E-state index in [0.717, 1.165) is 12.8 Å². The van der Waals surface area contributed by atoms with Crippen LogP contribution < -0.4 is 5.19 Å². The molecule has 2 aliphatic carbocycles. The predicted molar refractivity (Wildman–Crippen MR) is 88.5 cm³/mol. The van der Waals surface area contributed by atoms with Crippen LogP contribution in [-0.2, 0) is 0 Å². The molecule has 0 aromatic heterocycles. The third-order valence-electron chi connectivity index (χ3n) is 4.18. The van der Waals surface area contributed by atoms with Gasteiger partial charge in [0.05, 0.1) is 0 Å². The fourth-order valence-corrected chi connectivity index (χ4v) is 6.91. The fraction of sp³-hybridized carbons (Fsp3) is 0.176. The van der Waals surface area contributed by atoms with Crippen molar-refractivity contribution in [1.29, 1.82) is 0 Å². The Bertz CT molecular complexity index is 534. The van der Waals surface area contributed by atoms with Gasteiger partial charge in [0.15, 0.2) is 0 Å². The minimum atomic E-state index is -1.66. The molecule has 0 atom stereocenters. The van der Waals surface area contributed by atoms with E-state index in [1.54, 1.807) is 10.4 Å². The summed E-state index contributed by atoms with van der Waals surface area (Å²) in [5.74, 6) is 0. The zero-order chi connectivity index (χ0) is 12.4. The number of rotatable bonds is 3. The van der Waals surface area contributed by atoms with Gasteiger partial charge >= 0.3 is 18.9 Å².